The Morgan fingerprint density at radius 2 is 2.06 bits per heavy atom. The fraction of sp³-hybridized carbons (Fsp3) is 0.0833. The van der Waals surface area contributed by atoms with Crippen LogP contribution in [0, 0.1) is 12.7 Å². The summed E-state index contributed by atoms with van der Waals surface area (Å²) in [5.74, 6) is 0.161. The lowest BCUT2D eigenvalue weighted by Crippen LogP contribution is -1.94. The van der Waals surface area contributed by atoms with Crippen LogP contribution in [0.4, 0.5) is 10.2 Å². The second-order valence-corrected chi connectivity index (χ2v) is 4.38. The molecule has 2 nitrogen and oxygen atoms in total. The van der Waals surface area contributed by atoms with Crippen molar-refractivity contribution in [3.63, 3.8) is 0 Å². The van der Waals surface area contributed by atoms with Gasteiger partial charge in [-0.05, 0) is 40.5 Å². The molecule has 0 aliphatic carbocycles. The summed E-state index contributed by atoms with van der Waals surface area (Å²) >= 11 is 3.16. The molecule has 0 spiro atoms. The number of benzene rings is 1. The molecular weight excluding hydrogens is 271 g/mol. The topological polar surface area (TPSA) is 38.9 Å². The van der Waals surface area contributed by atoms with Gasteiger partial charge in [0.05, 0.1) is 4.47 Å². The maximum atomic E-state index is 13.9. The smallest absolute Gasteiger partial charge is 0.145 e. The Balaban J connectivity index is 2.63. The molecule has 4 heteroatoms. The van der Waals surface area contributed by atoms with Gasteiger partial charge in [-0.15, -0.1) is 0 Å². The highest BCUT2D eigenvalue weighted by Gasteiger charge is 2.10. The van der Waals surface area contributed by atoms with E-state index in [0.717, 1.165) is 11.1 Å². The quantitative estimate of drug-likeness (QED) is 0.868. The molecule has 1 aromatic heterocycles. The average Bonchev–Trinajstić information content (AvgIpc) is 2.23. The average molecular weight is 281 g/mol. The highest BCUT2D eigenvalue weighted by Crippen LogP contribution is 2.29. The summed E-state index contributed by atoms with van der Waals surface area (Å²) in [5, 5.41) is 0. The zero-order valence-corrected chi connectivity index (χ0v) is 10.3. The normalized spacial score (nSPS) is 10.4. The van der Waals surface area contributed by atoms with Crippen LogP contribution in [-0.4, -0.2) is 4.98 Å². The van der Waals surface area contributed by atoms with Crippen LogP contribution in [0.25, 0.3) is 11.1 Å². The van der Waals surface area contributed by atoms with Gasteiger partial charge in [-0.25, -0.2) is 9.37 Å². The minimum atomic E-state index is -0.280. The molecule has 2 N–H and O–H groups in total. The standard InChI is InChI=1S/C12H10BrFN2/c1-7-5-11(15)16-6-9(7)8-3-2-4-10(13)12(8)14/h2-6H,1H3,(H2,15,16). The van der Waals surface area contributed by atoms with Gasteiger partial charge < -0.3 is 5.73 Å². The maximum Gasteiger partial charge on any atom is 0.145 e. The molecule has 0 saturated heterocycles. The molecule has 16 heavy (non-hydrogen) atoms. The zero-order valence-electron chi connectivity index (χ0n) is 8.67. The van der Waals surface area contributed by atoms with E-state index in [1.54, 1.807) is 30.5 Å². The number of nitrogen functional groups attached to an aromatic ring is 1. The van der Waals surface area contributed by atoms with Crippen LogP contribution < -0.4 is 5.73 Å². The van der Waals surface area contributed by atoms with Gasteiger partial charge >= 0.3 is 0 Å². The van der Waals surface area contributed by atoms with E-state index >= 15 is 0 Å². The van der Waals surface area contributed by atoms with E-state index in [9.17, 15) is 4.39 Å². The minimum absolute atomic E-state index is 0.280. The first-order valence-corrected chi connectivity index (χ1v) is 5.55. The largest absolute Gasteiger partial charge is 0.384 e. The Bertz CT molecular complexity index is 541. The fourth-order valence-electron chi connectivity index (χ4n) is 1.57. The van der Waals surface area contributed by atoms with Crippen LogP contribution in [-0.2, 0) is 0 Å². The van der Waals surface area contributed by atoms with Gasteiger partial charge in [-0.2, -0.15) is 0 Å². The summed E-state index contributed by atoms with van der Waals surface area (Å²) in [7, 11) is 0. The number of hydrogen-bond acceptors (Lipinski definition) is 2. The van der Waals surface area contributed by atoms with E-state index in [1.807, 2.05) is 6.92 Å². The van der Waals surface area contributed by atoms with Gasteiger partial charge in [-0.3, -0.25) is 0 Å². The first kappa shape index (κ1) is 11.1. The first-order chi connectivity index (χ1) is 7.59. The number of aromatic nitrogens is 1. The van der Waals surface area contributed by atoms with E-state index in [1.165, 1.54) is 0 Å². The maximum absolute atomic E-state index is 13.9. The second-order valence-electron chi connectivity index (χ2n) is 3.53. The summed E-state index contributed by atoms with van der Waals surface area (Å²) in [6.07, 6.45) is 1.59. The summed E-state index contributed by atoms with van der Waals surface area (Å²) in [6, 6.07) is 6.91. The number of pyridine rings is 1. The third-order valence-corrected chi connectivity index (χ3v) is 2.99. The molecule has 0 unspecified atom stereocenters. The van der Waals surface area contributed by atoms with Gasteiger partial charge in [0.25, 0.3) is 0 Å². The third kappa shape index (κ3) is 1.93. The molecule has 0 saturated carbocycles. The van der Waals surface area contributed by atoms with Crippen LogP contribution in [0.5, 0.6) is 0 Å². The summed E-state index contributed by atoms with van der Waals surface area (Å²) in [4.78, 5) is 3.98. The number of aryl methyl sites for hydroxylation is 1. The number of nitrogens with zero attached hydrogens (tertiary/aromatic N) is 1. The molecule has 0 bridgehead atoms. The van der Waals surface area contributed by atoms with Crippen molar-refractivity contribution >= 4 is 21.7 Å². The number of hydrogen-bond donors (Lipinski definition) is 1. The van der Waals surface area contributed by atoms with Crippen LogP contribution in [0.2, 0.25) is 0 Å². The lowest BCUT2D eigenvalue weighted by Gasteiger charge is -2.08. The Morgan fingerprint density at radius 1 is 1.31 bits per heavy atom. The molecule has 82 valence electrons. The molecule has 0 atom stereocenters. The number of nitrogens with two attached hydrogens (primary N) is 1. The third-order valence-electron chi connectivity index (χ3n) is 2.37. The van der Waals surface area contributed by atoms with Crippen molar-refractivity contribution in [2.75, 3.05) is 5.73 Å². The molecule has 1 heterocycles. The highest BCUT2D eigenvalue weighted by atomic mass is 79.9. The van der Waals surface area contributed by atoms with E-state index in [4.69, 9.17) is 5.73 Å². The van der Waals surface area contributed by atoms with Crippen molar-refractivity contribution in [2.24, 2.45) is 0 Å². The minimum Gasteiger partial charge on any atom is -0.384 e. The predicted molar refractivity (Wildman–Crippen MR) is 66.5 cm³/mol. The Kier molecular flexibility index (Phi) is 2.92. The van der Waals surface area contributed by atoms with Crippen molar-refractivity contribution in [1.29, 1.82) is 0 Å². The van der Waals surface area contributed by atoms with Gasteiger partial charge in [0.2, 0.25) is 0 Å². The second kappa shape index (κ2) is 4.22. The Labute approximate surface area is 101 Å². The van der Waals surface area contributed by atoms with Gasteiger partial charge in [-0.1, -0.05) is 12.1 Å². The van der Waals surface area contributed by atoms with Crippen LogP contribution in [0.3, 0.4) is 0 Å². The molecular formula is C12H10BrFN2. The lowest BCUT2D eigenvalue weighted by molar-refractivity contribution is 0.624. The molecule has 0 amide bonds. The Hall–Kier alpha value is -1.42. The molecule has 0 fully saturated rings. The summed E-state index contributed by atoms with van der Waals surface area (Å²) < 4.78 is 14.3. The fourth-order valence-corrected chi connectivity index (χ4v) is 1.94. The molecule has 2 rings (SSSR count). The molecule has 2 aromatic rings. The SMILES string of the molecule is Cc1cc(N)ncc1-c1cccc(Br)c1F. The first-order valence-electron chi connectivity index (χ1n) is 4.76. The zero-order chi connectivity index (χ0) is 11.7. The lowest BCUT2D eigenvalue weighted by atomic mass is 10.0. The number of rotatable bonds is 1. The van der Waals surface area contributed by atoms with Crippen LogP contribution >= 0.6 is 15.9 Å². The Morgan fingerprint density at radius 3 is 2.75 bits per heavy atom. The van der Waals surface area contributed by atoms with E-state index in [0.29, 0.717) is 15.9 Å². The van der Waals surface area contributed by atoms with Gasteiger partial charge in [0, 0.05) is 17.3 Å². The van der Waals surface area contributed by atoms with Crippen molar-refractivity contribution in [3.8, 4) is 11.1 Å². The molecule has 0 radical (unpaired) electrons. The van der Waals surface area contributed by atoms with Crippen molar-refractivity contribution < 1.29 is 4.39 Å². The molecule has 1 aromatic carbocycles. The summed E-state index contributed by atoms with van der Waals surface area (Å²) in [5.41, 5.74) is 7.75. The van der Waals surface area contributed by atoms with Crippen molar-refractivity contribution in [2.45, 2.75) is 6.92 Å². The van der Waals surface area contributed by atoms with Crippen LogP contribution in [0.15, 0.2) is 34.9 Å². The monoisotopic (exact) mass is 280 g/mol. The van der Waals surface area contributed by atoms with Crippen LogP contribution in [0.1, 0.15) is 5.56 Å². The summed E-state index contributed by atoms with van der Waals surface area (Å²) in [6.45, 7) is 1.88. The van der Waals surface area contributed by atoms with E-state index in [-0.39, 0.29) is 5.82 Å². The van der Waals surface area contributed by atoms with Gasteiger partial charge in [0.1, 0.15) is 11.6 Å². The number of anilines is 1. The van der Waals surface area contributed by atoms with Crippen molar-refractivity contribution in [1.82, 2.24) is 4.98 Å². The number of halogens is 2. The highest BCUT2D eigenvalue weighted by molar-refractivity contribution is 9.10. The van der Waals surface area contributed by atoms with E-state index < -0.39 is 0 Å². The van der Waals surface area contributed by atoms with E-state index in [2.05, 4.69) is 20.9 Å². The molecule has 0 aliphatic heterocycles. The predicted octanol–water partition coefficient (Wildman–Crippen LogP) is 3.54. The van der Waals surface area contributed by atoms with Crippen molar-refractivity contribution in [3.05, 3.63) is 46.3 Å². The molecule has 0 aliphatic rings. The van der Waals surface area contributed by atoms with Gasteiger partial charge in [0.15, 0.2) is 0 Å².